The highest BCUT2D eigenvalue weighted by Crippen LogP contribution is 2.13. The van der Waals surface area contributed by atoms with Gasteiger partial charge in [0.05, 0.1) is 0 Å². The van der Waals surface area contributed by atoms with Gasteiger partial charge in [-0.3, -0.25) is 0 Å². The lowest BCUT2D eigenvalue weighted by atomic mass is 9.98. The molecule has 2 unspecified atom stereocenters. The summed E-state index contributed by atoms with van der Waals surface area (Å²) in [5.74, 6) is 1.21. The molecule has 0 aliphatic carbocycles. The number of piperidine rings is 2. The van der Waals surface area contributed by atoms with E-state index in [4.69, 9.17) is 0 Å². The van der Waals surface area contributed by atoms with Gasteiger partial charge in [0.15, 0.2) is 0 Å². The number of urea groups is 1. The van der Waals surface area contributed by atoms with Crippen LogP contribution in [0.4, 0.5) is 4.79 Å². The second kappa shape index (κ2) is 7.70. The average molecular weight is 268 g/mol. The molecule has 2 atom stereocenters. The first-order valence-electron chi connectivity index (χ1n) is 7.65. The molecule has 0 spiro atoms. The minimum atomic E-state index is -0.00111. The molecule has 0 saturated carbocycles. The van der Waals surface area contributed by atoms with Crippen molar-refractivity contribution in [2.24, 2.45) is 11.8 Å². The summed E-state index contributed by atoms with van der Waals surface area (Å²) < 4.78 is 0. The van der Waals surface area contributed by atoms with E-state index in [0.717, 1.165) is 32.7 Å². The third-order valence-electron chi connectivity index (χ3n) is 4.22. The normalized spacial score (nSPS) is 28.9. The van der Waals surface area contributed by atoms with Crippen LogP contribution in [0.1, 0.15) is 25.7 Å². The number of likely N-dealkylation sites (tertiary alicyclic amines) is 1. The van der Waals surface area contributed by atoms with Gasteiger partial charge in [0.1, 0.15) is 0 Å². The van der Waals surface area contributed by atoms with E-state index in [-0.39, 0.29) is 6.03 Å². The van der Waals surface area contributed by atoms with Gasteiger partial charge in [-0.15, -0.1) is 0 Å². The van der Waals surface area contributed by atoms with Gasteiger partial charge < -0.3 is 20.9 Å². The molecule has 2 aliphatic heterocycles. The lowest BCUT2D eigenvalue weighted by Gasteiger charge is -2.29. The Bertz CT molecular complexity index is 279. The summed E-state index contributed by atoms with van der Waals surface area (Å²) >= 11 is 0. The van der Waals surface area contributed by atoms with Gasteiger partial charge in [-0.1, -0.05) is 0 Å². The molecule has 2 heterocycles. The molecule has 2 rings (SSSR count). The minimum absolute atomic E-state index is 0.00111. The van der Waals surface area contributed by atoms with Crippen molar-refractivity contribution in [2.75, 3.05) is 46.3 Å². The Hall–Kier alpha value is -0.810. The Labute approximate surface area is 116 Å². The maximum Gasteiger partial charge on any atom is 0.314 e. The zero-order valence-corrected chi connectivity index (χ0v) is 12.1. The number of rotatable bonds is 4. The molecule has 110 valence electrons. The second-order valence-electron chi connectivity index (χ2n) is 6.07. The van der Waals surface area contributed by atoms with Gasteiger partial charge in [-0.05, 0) is 64.2 Å². The third-order valence-corrected chi connectivity index (χ3v) is 4.22. The van der Waals surface area contributed by atoms with E-state index in [1.807, 2.05) is 0 Å². The number of hydrogen-bond acceptors (Lipinski definition) is 3. The first-order chi connectivity index (χ1) is 9.24. The van der Waals surface area contributed by atoms with Crippen molar-refractivity contribution in [2.45, 2.75) is 25.7 Å². The lowest BCUT2D eigenvalue weighted by molar-refractivity contribution is 0.201. The van der Waals surface area contributed by atoms with E-state index >= 15 is 0 Å². The van der Waals surface area contributed by atoms with E-state index in [1.165, 1.54) is 32.2 Å². The van der Waals surface area contributed by atoms with Crippen molar-refractivity contribution in [3.05, 3.63) is 0 Å². The summed E-state index contributed by atoms with van der Waals surface area (Å²) in [7, 11) is 2.16. The van der Waals surface area contributed by atoms with Gasteiger partial charge in [0.25, 0.3) is 0 Å². The molecule has 2 saturated heterocycles. The molecule has 3 N–H and O–H groups in total. The number of nitrogens with zero attached hydrogens (tertiary/aromatic N) is 1. The Balaban J connectivity index is 1.56. The fourth-order valence-electron chi connectivity index (χ4n) is 3.07. The van der Waals surface area contributed by atoms with Crippen LogP contribution < -0.4 is 16.0 Å². The molecule has 0 aromatic rings. The van der Waals surface area contributed by atoms with Gasteiger partial charge in [-0.2, -0.15) is 0 Å². The maximum absolute atomic E-state index is 11.8. The molecule has 19 heavy (non-hydrogen) atoms. The van der Waals surface area contributed by atoms with Crippen LogP contribution in [-0.2, 0) is 0 Å². The van der Waals surface area contributed by atoms with E-state index in [2.05, 4.69) is 27.9 Å². The quantitative estimate of drug-likeness (QED) is 0.701. The SMILES string of the molecule is CN1CCCC(CNC(=O)NCC2CCCNC2)C1. The van der Waals surface area contributed by atoms with Crippen LogP contribution in [0.5, 0.6) is 0 Å². The standard InChI is InChI=1S/C14H28N4O/c1-18-7-3-5-13(11-18)10-17-14(19)16-9-12-4-2-6-15-8-12/h12-13,15H,2-11H2,1H3,(H2,16,17,19). The number of carbonyl (C=O) groups is 1. The van der Waals surface area contributed by atoms with E-state index < -0.39 is 0 Å². The van der Waals surface area contributed by atoms with Crippen LogP contribution in [-0.4, -0.2) is 57.2 Å². The predicted octanol–water partition coefficient (Wildman–Crippen LogP) is 0.627. The van der Waals surface area contributed by atoms with Crippen LogP contribution in [0.25, 0.3) is 0 Å². The predicted molar refractivity (Wildman–Crippen MR) is 77.2 cm³/mol. The smallest absolute Gasteiger partial charge is 0.314 e. The molecule has 5 nitrogen and oxygen atoms in total. The van der Waals surface area contributed by atoms with Crippen LogP contribution in [0.3, 0.4) is 0 Å². The zero-order chi connectivity index (χ0) is 13.5. The van der Waals surface area contributed by atoms with Gasteiger partial charge in [0.2, 0.25) is 0 Å². The zero-order valence-electron chi connectivity index (χ0n) is 12.1. The molecule has 5 heteroatoms. The van der Waals surface area contributed by atoms with E-state index in [1.54, 1.807) is 0 Å². The fraction of sp³-hybridized carbons (Fsp3) is 0.929. The first kappa shape index (κ1) is 14.6. The molecule has 2 fully saturated rings. The largest absolute Gasteiger partial charge is 0.338 e. The number of amides is 2. The summed E-state index contributed by atoms with van der Waals surface area (Å²) in [5, 5.41) is 9.38. The van der Waals surface area contributed by atoms with Crippen molar-refractivity contribution < 1.29 is 4.79 Å². The van der Waals surface area contributed by atoms with Gasteiger partial charge >= 0.3 is 6.03 Å². The van der Waals surface area contributed by atoms with Gasteiger partial charge in [0, 0.05) is 19.6 Å². The molecule has 0 aromatic carbocycles. The Morgan fingerprint density at radius 1 is 1.21 bits per heavy atom. The Kier molecular flexibility index (Phi) is 5.92. The third kappa shape index (κ3) is 5.37. The average Bonchev–Trinajstić information content (AvgIpc) is 2.44. The Morgan fingerprint density at radius 2 is 1.95 bits per heavy atom. The summed E-state index contributed by atoms with van der Waals surface area (Å²) in [6.07, 6.45) is 4.93. The topological polar surface area (TPSA) is 56.4 Å². The van der Waals surface area contributed by atoms with Crippen molar-refractivity contribution >= 4 is 6.03 Å². The highest BCUT2D eigenvalue weighted by atomic mass is 16.2. The van der Waals surface area contributed by atoms with Gasteiger partial charge in [-0.25, -0.2) is 4.79 Å². The molecule has 0 bridgehead atoms. The number of nitrogens with one attached hydrogen (secondary N) is 3. The van der Waals surface area contributed by atoms with Crippen molar-refractivity contribution in [1.82, 2.24) is 20.9 Å². The van der Waals surface area contributed by atoms with Crippen molar-refractivity contribution in [3.8, 4) is 0 Å². The summed E-state index contributed by atoms with van der Waals surface area (Å²) in [5.41, 5.74) is 0. The molecule has 2 aliphatic rings. The highest BCUT2D eigenvalue weighted by molar-refractivity contribution is 5.73. The summed E-state index contributed by atoms with van der Waals surface area (Å²) in [6, 6.07) is -0.00111. The summed E-state index contributed by atoms with van der Waals surface area (Å²) in [4.78, 5) is 14.1. The minimum Gasteiger partial charge on any atom is -0.338 e. The Morgan fingerprint density at radius 3 is 2.63 bits per heavy atom. The molecular weight excluding hydrogens is 240 g/mol. The van der Waals surface area contributed by atoms with Crippen molar-refractivity contribution in [1.29, 1.82) is 0 Å². The monoisotopic (exact) mass is 268 g/mol. The molecule has 0 aromatic heterocycles. The molecular formula is C14H28N4O. The van der Waals surface area contributed by atoms with Crippen LogP contribution in [0, 0.1) is 11.8 Å². The number of carbonyl (C=O) groups excluding carboxylic acids is 1. The first-order valence-corrected chi connectivity index (χ1v) is 7.65. The van der Waals surface area contributed by atoms with Crippen LogP contribution >= 0.6 is 0 Å². The highest BCUT2D eigenvalue weighted by Gasteiger charge is 2.18. The second-order valence-corrected chi connectivity index (χ2v) is 6.07. The summed E-state index contributed by atoms with van der Waals surface area (Å²) in [6.45, 7) is 6.05. The molecule has 2 amide bonds. The van der Waals surface area contributed by atoms with Crippen molar-refractivity contribution in [3.63, 3.8) is 0 Å². The molecule has 0 radical (unpaired) electrons. The maximum atomic E-state index is 11.8. The van der Waals surface area contributed by atoms with Crippen LogP contribution in [0.15, 0.2) is 0 Å². The van der Waals surface area contributed by atoms with Crippen LogP contribution in [0.2, 0.25) is 0 Å². The van der Waals surface area contributed by atoms with E-state index in [9.17, 15) is 4.79 Å². The lowest BCUT2D eigenvalue weighted by Crippen LogP contribution is -2.45. The fourth-order valence-corrected chi connectivity index (χ4v) is 3.07. The number of hydrogen-bond donors (Lipinski definition) is 3. The van der Waals surface area contributed by atoms with E-state index in [0.29, 0.717) is 11.8 Å².